The number of ether oxygens (including phenoxy) is 2. The van der Waals surface area contributed by atoms with Crippen LogP contribution in [0, 0.1) is 0 Å². The van der Waals surface area contributed by atoms with Gasteiger partial charge in [0, 0.05) is 16.3 Å². The lowest BCUT2D eigenvalue weighted by atomic mass is 10.1. The molecule has 0 bridgehead atoms. The number of nitrogens with one attached hydrogen (secondary N) is 2. The van der Waals surface area contributed by atoms with E-state index in [1.807, 2.05) is 42.5 Å². The van der Waals surface area contributed by atoms with Crippen LogP contribution in [0.3, 0.4) is 0 Å². The van der Waals surface area contributed by atoms with Crippen LogP contribution in [-0.4, -0.2) is 37.1 Å². The monoisotopic (exact) mass is 542 g/mol. The molecule has 0 fully saturated rings. The van der Waals surface area contributed by atoms with Gasteiger partial charge in [-0.25, -0.2) is 4.79 Å². The summed E-state index contributed by atoms with van der Waals surface area (Å²) in [6.07, 6.45) is 0. The van der Waals surface area contributed by atoms with Gasteiger partial charge in [0.25, 0.3) is 5.91 Å². The van der Waals surface area contributed by atoms with Crippen molar-refractivity contribution in [3.05, 3.63) is 114 Å². The van der Waals surface area contributed by atoms with E-state index >= 15 is 0 Å². The van der Waals surface area contributed by atoms with E-state index in [2.05, 4.69) is 10.6 Å². The Balaban J connectivity index is 1.50. The standard InChI is InChI=1S/C30H26N2O6S/c1-37-24-9-6-10-25(38-2)26(24)28(33)31-22-15-17-23(18-16-22)39-27(19-7-4-3-5-8-19)29(34)32-21-13-11-20(12-14-21)30(35)36/h3-18,27H,1-2H3,(H,31,33)(H,32,34)(H,35,36). The highest BCUT2D eigenvalue weighted by molar-refractivity contribution is 8.00. The molecule has 0 radical (unpaired) electrons. The van der Waals surface area contributed by atoms with Crippen LogP contribution in [0.15, 0.2) is 102 Å². The van der Waals surface area contributed by atoms with Gasteiger partial charge in [-0.3, -0.25) is 9.59 Å². The molecular formula is C30H26N2O6S. The molecule has 1 unspecified atom stereocenters. The summed E-state index contributed by atoms with van der Waals surface area (Å²) in [5, 5.41) is 14.3. The highest BCUT2D eigenvalue weighted by Crippen LogP contribution is 2.37. The second-order valence-corrected chi connectivity index (χ2v) is 9.47. The molecule has 1 atom stereocenters. The number of carboxylic acids is 1. The van der Waals surface area contributed by atoms with E-state index in [0.29, 0.717) is 22.9 Å². The lowest BCUT2D eigenvalue weighted by Crippen LogP contribution is -2.19. The molecule has 0 saturated carbocycles. The molecule has 0 heterocycles. The summed E-state index contributed by atoms with van der Waals surface area (Å²) in [5.41, 5.74) is 2.30. The SMILES string of the molecule is COc1cccc(OC)c1C(=O)Nc1ccc(SC(C(=O)Nc2ccc(C(=O)O)cc2)c2ccccc2)cc1. The van der Waals surface area contributed by atoms with Gasteiger partial charge in [0.2, 0.25) is 5.91 Å². The number of methoxy groups -OCH3 is 2. The quantitative estimate of drug-likeness (QED) is 0.207. The Morgan fingerprint density at radius 3 is 1.85 bits per heavy atom. The molecular weight excluding hydrogens is 516 g/mol. The highest BCUT2D eigenvalue weighted by Gasteiger charge is 2.23. The minimum atomic E-state index is -1.03. The van der Waals surface area contributed by atoms with Crippen molar-refractivity contribution in [3.8, 4) is 11.5 Å². The zero-order valence-electron chi connectivity index (χ0n) is 21.2. The molecule has 0 aromatic heterocycles. The Labute approximate surface area is 230 Å². The van der Waals surface area contributed by atoms with Crippen molar-refractivity contribution in [1.29, 1.82) is 0 Å². The second-order valence-electron chi connectivity index (χ2n) is 8.30. The van der Waals surface area contributed by atoms with E-state index in [9.17, 15) is 14.4 Å². The maximum Gasteiger partial charge on any atom is 0.335 e. The second kappa shape index (κ2) is 12.7. The number of aromatic carboxylic acids is 1. The third kappa shape index (κ3) is 6.77. The van der Waals surface area contributed by atoms with Gasteiger partial charge in [-0.2, -0.15) is 0 Å². The van der Waals surface area contributed by atoms with E-state index in [-0.39, 0.29) is 22.9 Å². The van der Waals surface area contributed by atoms with Gasteiger partial charge in [0.1, 0.15) is 22.3 Å². The molecule has 3 N–H and O–H groups in total. The van der Waals surface area contributed by atoms with Crippen molar-refractivity contribution >= 4 is 40.9 Å². The Bertz CT molecular complexity index is 1440. The molecule has 0 spiro atoms. The van der Waals surface area contributed by atoms with Crippen LogP contribution in [0.4, 0.5) is 11.4 Å². The third-order valence-corrected chi connectivity index (χ3v) is 7.03. The number of rotatable bonds is 10. The number of amides is 2. The van der Waals surface area contributed by atoms with E-state index in [4.69, 9.17) is 14.6 Å². The number of benzene rings is 4. The number of carbonyl (C=O) groups is 3. The van der Waals surface area contributed by atoms with Gasteiger partial charge in [-0.15, -0.1) is 11.8 Å². The number of carbonyl (C=O) groups excluding carboxylic acids is 2. The van der Waals surface area contributed by atoms with Gasteiger partial charge in [0.05, 0.1) is 19.8 Å². The number of anilines is 2. The molecule has 2 amide bonds. The summed E-state index contributed by atoms with van der Waals surface area (Å²) in [6.45, 7) is 0. The summed E-state index contributed by atoms with van der Waals surface area (Å²) in [6, 6.07) is 27.6. The largest absolute Gasteiger partial charge is 0.496 e. The maximum absolute atomic E-state index is 13.3. The van der Waals surface area contributed by atoms with Crippen LogP contribution in [-0.2, 0) is 4.79 Å². The normalized spacial score (nSPS) is 11.2. The fourth-order valence-corrected chi connectivity index (χ4v) is 4.85. The van der Waals surface area contributed by atoms with Gasteiger partial charge in [-0.1, -0.05) is 36.4 Å². The number of carboxylic acid groups (broad SMARTS) is 1. The number of hydrogen-bond donors (Lipinski definition) is 3. The van der Waals surface area contributed by atoms with Gasteiger partial charge in [0.15, 0.2) is 0 Å². The summed E-state index contributed by atoms with van der Waals surface area (Å²) in [4.78, 5) is 38.2. The van der Waals surface area contributed by atoms with E-state index in [1.54, 1.807) is 42.5 Å². The molecule has 4 aromatic carbocycles. The zero-order valence-corrected chi connectivity index (χ0v) is 22.0. The number of hydrogen-bond acceptors (Lipinski definition) is 6. The fraction of sp³-hybridized carbons (Fsp3) is 0.100. The fourth-order valence-electron chi connectivity index (χ4n) is 3.83. The summed E-state index contributed by atoms with van der Waals surface area (Å²) in [5.74, 6) is -0.871. The first kappa shape index (κ1) is 27.3. The number of thioether (sulfide) groups is 1. The first-order chi connectivity index (χ1) is 18.9. The van der Waals surface area contributed by atoms with Gasteiger partial charge >= 0.3 is 5.97 Å². The molecule has 0 aliphatic heterocycles. The van der Waals surface area contributed by atoms with Crippen molar-refractivity contribution in [2.24, 2.45) is 0 Å². The third-order valence-electron chi connectivity index (χ3n) is 5.76. The molecule has 4 rings (SSSR count). The lowest BCUT2D eigenvalue weighted by molar-refractivity contribution is -0.115. The van der Waals surface area contributed by atoms with Crippen molar-refractivity contribution in [3.63, 3.8) is 0 Å². The van der Waals surface area contributed by atoms with Gasteiger partial charge in [-0.05, 0) is 66.2 Å². The van der Waals surface area contributed by atoms with Crippen molar-refractivity contribution in [1.82, 2.24) is 0 Å². The summed E-state index contributed by atoms with van der Waals surface area (Å²) in [7, 11) is 2.98. The zero-order chi connectivity index (χ0) is 27.8. The molecule has 0 aliphatic carbocycles. The van der Waals surface area contributed by atoms with Crippen molar-refractivity contribution in [2.75, 3.05) is 24.9 Å². The van der Waals surface area contributed by atoms with E-state index in [1.165, 1.54) is 38.1 Å². The predicted molar refractivity (Wildman–Crippen MR) is 151 cm³/mol. The molecule has 0 saturated heterocycles. The first-order valence-electron chi connectivity index (χ1n) is 11.9. The summed E-state index contributed by atoms with van der Waals surface area (Å²) >= 11 is 1.35. The lowest BCUT2D eigenvalue weighted by Gasteiger charge is -2.18. The van der Waals surface area contributed by atoms with Crippen LogP contribution >= 0.6 is 11.8 Å². The highest BCUT2D eigenvalue weighted by atomic mass is 32.2. The molecule has 198 valence electrons. The predicted octanol–water partition coefficient (Wildman–Crippen LogP) is 6.13. The molecule has 4 aromatic rings. The molecule has 39 heavy (non-hydrogen) atoms. The minimum absolute atomic E-state index is 0.137. The van der Waals surface area contributed by atoms with Crippen LogP contribution in [0.1, 0.15) is 31.5 Å². The van der Waals surface area contributed by atoms with Crippen molar-refractivity contribution in [2.45, 2.75) is 10.1 Å². The first-order valence-corrected chi connectivity index (χ1v) is 12.8. The maximum atomic E-state index is 13.3. The molecule has 8 nitrogen and oxygen atoms in total. The van der Waals surface area contributed by atoms with Crippen LogP contribution < -0.4 is 20.1 Å². The Kier molecular flexibility index (Phi) is 8.86. The Hall–Kier alpha value is -4.76. The van der Waals surface area contributed by atoms with E-state index < -0.39 is 11.2 Å². The van der Waals surface area contributed by atoms with Crippen LogP contribution in [0.2, 0.25) is 0 Å². The molecule has 9 heteroatoms. The van der Waals surface area contributed by atoms with Crippen molar-refractivity contribution < 1.29 is 29.0 Å². The Morgan fingerprint density at radius 2 is 1.28 bits per heavy atom. The average Bonchev–Trinajstić information content (AvgIpc) is 2.96. The van der Waals surface area contributed by atoms with E-state index in [0.717, 1.165) is 10.5 Å². The minimum Gasteiger partial charge on any atom is -0.496 e. The molecule has 0 aliphatic rings. The average molecular weight is 543 g/mol. The van der Waals surface area contributed by atoms with Crippen LogP contribution in [0.25, 0.3) is 0 Å². The summed E-state index contributed by atoms with van der Waals surface area (Å²) < 4.78 is 10.6. The topological polar surface area (TPSA) is 114 Å². The van der Waals surface area contributed by atoms with Gasteiger partial charge < -0.3 is 25.2 Å². The van der Waals surface area contributed by atoms with Crippen LogP contribution in [0.5, 0.6) is 11.5 Å². The Morgan fingerprint density at radius 1 is 0.718 bits per heavy atom. The smallest absolute Gasteiger partial charge is 0.335 e.